The lowest BCUT2D eigenvalue weighted by atomic mass is 9.99. The third kappa shape index (κ3) is 2.55. The Morgan fingerprint density at radius 1 is 1.62 bits per heavy atom. The first kappa shape index (κ1) is 10.7. The van der Waals surface area contributed by atoms with Crippen LogP contribution in [0.2, 0.25) is 19.1 Å². The van der Waals surface area contributed by atoms with Gasteiger partial charge in [0.1, 0.15) is 0 Å². The van der Waals surface area contributed by atoms with Crippen molar-refractivity contribution in [2.75, 3.05) is 0 Å². The molecule has 0 saturated carbocycles. The monoisotopic (exact) mass is 195 g/mol. The van der Waals surface area contributed by atoms with Crippen LogP contribution >= 0.6 is 0 Å². The van der Waals surface area contributed by atoms with Gasteiger partial charge in [-0.15, -0.1) is 6.58 Å². The van der Waals surface area contributed by atoms with Gasteiger partial charge in [-0.05, 0) is 51.1 Å². The second-order valence-electron chi connectivity index (χ2n) is 4.70. The largest absolute Gasteiger partial charge is 0.408 e. The van der Waals surface area contributed by atoms with Crippen LogP contribution in [-0.2, 0) is 4.43 Å². The highest BCUT2D eigenvalue weighted by atomic mass is 28.4. The van der Waals surface area contributed by atoms with Crippen molar-refractivity contribution < 1.29 is 4.43 Å². The Bertz CT molecular complexity index is 238. The van der Waals surface area contributed by atoms with E-state index in [0.717, 1.165) is 12.5 Å². The summed E-state index contributed by atoms with van der Waals surface area (Å²) < 4.78 is 6.05. The van der Waals surface area contributed by atoms with Gasteiger partial charge in [0.2, 0.25) is 0 Å². The van der Waals surface area contributed by atoms with E-state index < -0.39 is 8.32 Å². The molecule has 0 unspecified atom stereocenters. The zero-order chi connectivity index (χ0) is 10.1. The Balaban J connectivity index is 2.81. The summed E-state index contributed by atoms with van der Waals surface area (Å²) in [5.41, 5.74) is 1.25. The average molecular weight is 195 g/mol. The minimum atomic E-state index is -1.42. The smallest absolute Gasteiger partial charge is 0.192 e. The van der Waals surface area contributed by atoms with Crippen molar-refractivity contribution in [2.24, 2.45) is 0 Å². The highest BCUT2D eigenvalue weighted by Gasteiger charge is 2.42. The second kappa shape index (κ2) is 3.43. The Labute approximate surface area is 82.6 Å². The Morgan fingerprint density at radius 3 is 2.62 bits per heavy atom. The van der Waals surface area contributed by atoms with E-state index in [-0.39, 0.29) is 5.60 Å². The van der Waals surface area contributed by atoms with Crippen LogP contribution in [0.1, 0.15) is 20.3 Å². The van der Waals surface area contributed by atoms with Gasteiger partial charge >= 0.3 is 0 Å². The normalized spacial score (nSPS) is 27.8. The lowest BCUT2D eigenvalue weighted by Crippen LogP contribution is -2.30. The van der Waals surface area contributed by atoms with Gasteiger partial charge in [0.25, 0.3) is 0 Å². The predicted octanol–water partition coefficient (Wildman–Crippen LogP) is 3.31. The summed E-state index contributed by atoms with van der Waals surface area (Å²) in [7, 11) is -1.42. The molecule has 1 heterocycles. The van der Waals surface area contributed by atoms with Crippen LogP contribution in [-0.4, -0.2) is 13.9 Å². The molecule has 1 nitrogen and oxygen atoms in total. The van der Waals surface area contributed by atoms with Gasteiger partial charge in [-0.3, -0.25) is 0 Å². The molecule has 0 N–H and O–H groups in total. The zero-order valence-corrected chi connectivity index (χ0v) is 10.1. The molecule has 1 rings (SSSR count). The Hall–Kier alpha value is -0.343. The first-order valence-corrected chi connectivity index (χ1v) is 7.90. The van der Waals surface area contributed by atoms with Gasteiger partial charge in [-0.2, -0.15) is 0 Å². The second-order valence-corrected chi connectivity index (χ2v) is 8.77. The number of rotatable bonds is 2. The van der Waals surface area contributed by atoms with Gasteiger partial charge < -0.3 is 4.43 Å². The van der Waals surface area contributed by atoms with Gasteiger partial charge in [0, 0.05) is 0 Å². The maximum atomic E-state index is 6.05. The van der Waals surface area contributed by atoms with Crippen molar-refractivity contribution >= 4 is 8.32 Å². The van der Waals surface area contributed by atoms with Crippen LogP contribution in [0.15, 0.2) is 18.2 Å². The molecule has 0 aromatic carbocycles. The molecule has 0 aromatic rings. The van der Waals surface area contributed by atoms with Crippen LogP contribution in [0.4, 0.5) is 0 Å². The van der Waals surface area contributed by atoms with Gasteiger partial charge in [0.05, 0.1) is 5.60 Å². The molecule has 0 bridgehead atoms. The van der Waals surface area contributed by atoms with E-state index in [1.54, 1.807) is 0 Å². The molecule has 1 aliphatic heterocycles. The first-order chi connectivity index (χ1) is 5.87. The van der Waals surface area contributed by atoms with Crippen LogP contribution < -0.4 is 0 Å². The van der Waals surface area contributed by atoms with E-state index in [0.29, 0.717) is 0 Å². The van der Waals surface area contributed by atoms with Crippen LogP contribution in [0.5, 0.6) is 0 Å². The van der Waals surface area contributed by atoms with Crippen molar-refractivity contribution in [3.8, 4) is 0 Å². The van der Waals surface area contributed by atoms with E-state index in [4.69, 9.17) is 4.43 Å². The summed E-state index contributed by atoms with van der Waals surface area (Å²) >= 11 is 0. The third-order valence-electron chi connectivity index (χ3n) is 2.32. The molecule has 0 aliphatic carbocycles. The molecule has 2 heteroatoms. The van der Waals surface area contributed by atoms with Gasteiger partial charge in [-0.1, -0.05) is 6.08 Å². The molecular formula is C11H19OSi. The standard InChI is InChI=1S/C11H19OSi/c1-6-7-8-10-9-13(4,5)12-11(10,2)3/h6H,1,7,9H2,2-5H3. The Kier molecular flexibility index (Phi) is 2.83. The number of allylic oxidation sites excluding steroid dienone is 2. The van der Waals surface area contributed by atoms with E-state index in [1.165, 1.54) is 5.57 Å². The molecule has 73 valence electrons. The lowest BCUT2D eigenvalue weighted by Gasteiger charge is -2.23. The lowest BCUT2D eigenvalue weighted by molar-refractivity contribution is 0.163. The number of hydrogen-bond acceptors (Lipinski definition) is 1. The van der Waals surface area contributed by atoms with E-state index in [1.807, 2.05) is 6.08 Å². The fourth-order valence-electron chi connectivity index (χ4n) is 1.90. The maximum Gasteiger partial charge on any atom is 0.192 e. The maximum absolute atomic E-state index is 6.05. The number of hydrogen-bond donors (Lipinski definition) is 0. The molecule has 0 amide bonds. The molecule has 0 atom stereocenters. The minimum Gasteiger partial charge on any atom is -0.408 e. The summed E-state index contributed by atoms with van der Waals surface area (Å²) in [6, 6.07) is 1.12. The van der Waals surface area contributed by atoms with Crippen molar-refractivity contribution in [1.29, 1.82) is 0 Å². The van der Waals surface area contributed by atoms with Crippen molar-refractivity contribution in [2.45, 2.75) is 45.0 Å². The summed E-state index contributed by atoms with van der Waals surface area (Å²) in [4.78, 5) is 0. The SMILES string of the molecule is C=CC[C]=C1C[Si](C)(C)OC1(C)C. The topological polar surface area (TPSA) is 9.23 Å². The highest BCUT2D eigenvalue weighted by molar-refractivity contribution is 6.72. The zero-order valence-electron chi connectivity index (χ0n) is 9.11. The molecule has 0 aromatic heterocycles. The van der Waals surface area contributed by atoms with Crippen molar-refractivity contribution in [3.63, 3.8) is 0 Å². The molecule has 1 fully saturated rings. The van der Waals surface area contributed by atoms with Crippen LogP contribution in [0.3, 0.4) is 0 Å². The van der Waals surface area contributed by atoms with Crippen molar-refractivity contribution in [3.05, 3.63) is 24.3 Å². The fraction of sp³-hybridized carbons (Fsp3) is 0.636. The molecule has 1 aliphatic rings. The van der Waals surface area contributed by atoms with E-state index >= 15 is 0 Å². The summed E-state index contributed by atoms with van der Waals surface area (Å²) in [6.07, 6.45) is 6.11. The Morgan fingerprint density at radius 2 is 2.23 bits per heavy atom. The highest BCUT2D eigenvalue weighted by Crippen LogP contribution is 2.39. The van der Waals surface area contributed by atoms with Crippen LogP contribution in [0.25, 0.3) is 0 Å². The first-order valence-electron chi connectivity index (χ1n) is 4.79. The van der Waals surface area contributed by atoms with E-state index in [2.05, 4.69) is 39.6 Å². The summed E-state index contributed by atoms with van der Waals surface area (Å²) in [6.45, 7) is 12.5. The summed E-state index contributed by atoms with van der Waals surface area (Å²) in [5.74, 6) is 0. The molecular weight excluding hydrogens is 176 g/mol. The van der Waals surface area contributed by atoms with Crippen molar-refractivity contribution in [1.82, 2.24) is 0 Å². The molecule has 13 heavy (non-hydrogen) atoms. The van der Waals surface area contributed by atoms with Crippen LogP contribution in [0, 0.1) is 6.08 Å². The quantitative estimate of drug-likeness (QED) is 0.485. The fourth-order valence-corrected chi connectivity index (χ4v) is 4.88. The average Bonchev–Trinajstić information content (AvgIpc) is 2.14. The predicted molar refractivity (Wildman–Crippen MR) is 59.0 cm³/mol. The molecule has 0 spiro atoms. The van der Waals surface area contributed by atoms with E-state index in [9.17, 15) is 0 Å². The van der Waals surface area contributed by atoms with Gasteiger partial charge in [-0.25, -0.2) is 0 Å². The minimum absolute atomic E-state index is 0.0846. The third-order valence-corrected chi connectivity index (χ3v) is 4.59. The molecule has 1 saturated heterocycles. The summed E-state index contributed by atoms with van der Waals surface area (Å²) in [5, 5.41) is 0. The van der Waals surface area contributed by atoms with Gasteiger partial charge in [0.15, 0.2) is 8.32 Å². The molecule has 1 radical (unpaired) electrons.